The van der Waals surface area contributed by atoms with Crippen LogP contribution in [0.5, 0.6) is 5.75 Å². The molecule has 0 aliphatic carbocycles. The highest BCUT2D eigenvalue weighted by Crippen LogP contribution is 2.25. The number of methoxy groups -OCH3 is 1. The standard InChI is InChI=1S/C25H28N2O4S/c1-17-13-14-23(31-4)24(15-17)32(29,30)27-22(16-20-10-6-5-7-11-20)25(28)26-21-12-8-9-18(2)19(21)3/h5-15,22,27H,16H2,1-4H3,(H,26,28)/t22-/m0/s1. The summed E-state index contributed by atoms with van der Waals surface area (Å²) in [5.41, 5.74) is 4.23. The van der Waals surface area contributed by atoms with Crippen molar-refractivity contribution in [3.8, 4) is 5.75 Å². The van der Waals surface area contributed by atoms with Crippen LogP contribution in [0.3, 0.4) is 0 Å². The second-order valence-corrected chi connectivity index (χ2v) is 9.44. The largest absolute Gasteiger partial charge is 0.495 e. The van der Waals surface area contributed by atoms with Gasteiger partial charge in [-0.2, -0.15) is 4.72 Å². The molecule has 0 aliphatic heterocycles. The minimum absolute atomic E-state index is 0.00222. The maximum absolute atomic E-state index is 13.3. The van der Waals surface area contributed by atoms with E-state index in [0.29, 0.717) is 5.69 Å². The number of carbonyl (C=O) groups excluding carboxylic acids is 1. The van der Waals surface area contributed by atoms with Crippen LogP contribution < -0.4 is 14.8 Å². The molecule has 3 aromatic carbocycles. The molecule has 0 unspecified atom stereocenters. The SMILES string of the molecule is COc1ccc(C)cc1S(=O)(=O)N[C@@H](Cc1ccccc1)C(=O)Nc1cccc(C)c1C. The third-order valence-corrected chi connectivity index (χ3v) is 6.86. The van der Waals surface area contributed by atoms with Crippen LogP contribution in [0.4, 0.5) is 5.69 Å². The van der Waals surface area contributed by atoms with E-state index in [9.17, 15) is 13.2 Å². The van der Waals surface area contributed by atoms with Crippen LogP contribution in [0.1, 0.15) is 22.3 Å². The Kier molecular flexibility index (Phi) is 7.33. The number of aryl methyl sites for hydroxylation is 2. The Morgan fingerprint density at radius 3 is 2.38 bits per heavy atom. The molecule has 0 fully saturated rings. The molecular weight excluding hydrogens is 424 g/mol. The lowest BCUT2D eigenvalue weighted by atomic mass is 10.0. The molecule has 0 spiro atoms. The predicted octanol–water partition coefficient (Wildman–Crippen LogP) is 4.15. The highest BCUT2D eigenvalue weighted by Gasteiger charge is 2.28. The first-order valence-corrected chi connectivity index (χ1v) is 11.8. The molecule has 1 amide bonds. The molecule has 0 bridgehead atoms. The summed E-state index contributed by atoms with van der Waals surface area (Å²) in [5.74, 6) is -0.214. The minimum atomic E-state index is -4.04. The lowest BCUT2D eigenvalue weighted by Gasteiger charge is -2.21. The zero-order valence-electron chi connectivity index (χ0n) is 18.7. The van der Waals surface area contributed by atoms with Crippen LogP contribution in [-0.2, 0) is 21.2 Å². The average Bonchev–Trinajstić information content (AvgIpc) is 2.77. The maximum Gasteiger partial charge on any atom is 0.245 e. The van der Waals surface area contributed by atoms with Crippen LogP contribution in [0.2, 0.25) is 0 Å². The van der Waals surface area contributed by atoms with Gasteiger partial charge in [0.05, 0.1) is 7.11 Å². The number of ether oxygens (including phenoxy) is 1. The fourth-order valence-corrected chi connectivity index (χ4v) is 4.84. The van der Waals surface area contributed by atoms with Crippen molar-refractivity contribution in [2.24, 2.45) is 0 Å². The van der Waals surface area contributed by atoms with Crippen LogP contribution >= 0.6 is 0 Å². The number of carbonyl (C=O) groups is 1. The van der Waals surface area contributed by atoms with Crippen LogP contribution in [0.15, 0.2) is 71.6 Å². The minimum Gasteiger partial charge on any atom is -0.495 e. The Morgan fingerprint density at radius 1 is 0.969 bits per heavy atom. The van der Waals surface area contributed by atoms with Gasteiger partial charge in [-0.15, -0.1) is 0 Å². The van der Waals surface area contributed by atoms with Crippen LogP contribution in [-0.4, -0.2) is 27.5 Å². The molecule has 0 saturated carbocycles. The predicted molar refractivity (Wildman–Crippen MR) is 127 cm³/mol. The number of rotatable bonds is 8. The van der Waals surface area contributed by atoms with Crippen molar-refractivity contribution in [2.45, 2.75) is 38.1 Å². The van der Waals surface area contributed by atoms with E-state index in [1.165, 1.54) is 13.2 Å². The normalized spacial score (nSPS) is 12.2. The fourth-order valence-electron chi connectivity index (χ4n) is 3.39. The first-order valence-electron chi connectivity index (χ1n) is 10.3. The first-order chi connectivity index (χ1) is 15.2. The number of nitrogens with one attached hydrogen (secondary N) is 2. The highest BCUT2D eigenvalue weighted by molar-refractivity contribution is 7.89. The van der Waals surface area contributed by atoms with Crippen molar-refractivity contribution in [3.63, 3.8) is 0 Å². The summed E-state index contributed by atoms with van der Waals surface area (Å²) < 4.78 is 34.4. The Balaban J connectivity index is 1.95. The Labute approximate surface area is 189 Å². The van der Waals surface area contributed by atoms with Crippen molar-refractivity contribution in [2.75, 3.05) is 12.4 Å². The third-order valence-electron chi connectivity index (χ3n) is 5.37. The summed E-state index contributed by atoms with van der Waals surface area (Å²) in [6, 6.07) is 18.8. The van der Waals surface area contributed by atoms with Gasteiger partial charge in [-0.05, 0) is 67.6 Å². The van der Waals surface area contributed by atoms with E-state index in [1.807, 2.05) is 56.3 Å². The molecule has 3 rings (SSSR count). The molecule has 0 heterocycles. The van der Waals surface area contributed by atoms with Gasteiger partial charge in [-0.25, -0.2) is 8.42 Å². The molecule has 0 saturated heterocycles. The number of benzene rings is 3. The highest BCUT2D eigenvalue weighted by atomic mass is 32.2. The van der Waals surface area contributed by atoms with E-state index >= 15 is 0 Å². The van der Waals surface area contributed by atoms with Gasteiger partial charge in [0, 0.05) is 5.69 Å². The lowest BCUT2D eigenvalue weighted by molar-refractivity contribution is -0.117. The monoisotopic (exact) mass is 452 g/mol. The van der Waals surface area contributed by atoms with Gasteiger partial charge in [0.15, 0.2) is 0 Å². The zero-order valence-corrected chi connectivity index (χ0v) is 19.5. The molecule has 32 heavy (non-hydrogen) atoms. The number of hydrogen-bond acceptors (Lipinski definition) is 4. The van der Waals surface area contributed by atoms with Gasteiger partial charge < -0.3 is 10.1 Å². The smallest absolute Gasteiger partial charge is 0.245 e. The van der Waals surface area contributed by atoms with Crippen LogP contribution in [0, 0.1) is 20.8 Å². The van der Waals surface area contributed by atoms with Gasteiger partial charge in [0.25, 0.3) is 0 Å². The third kappa shape index (κ3) is 5.55. The molecule has 0 aromatic heterocycles. The second kappa shape index (κ2) is 9.97. The Bertz CT molecular complexity index is 1210. The first kappa shape index (κ1) is 23.5. The topological polar surface area (TPSA) is 84.5 Å². The molecule has 0 aliphatic rings. The molecule has 7 heteroatoms. The summed E-state index contributed by atoms with van der Waals surface area (Å²) in [5, 5.41) is 2.89. The molecule has 6 nitrogen and oxygen atoms in total. The molecule has 3 aromatic rings. The lowest BCUT2D eigenvalue weighted by Crippen LogP contribution is -2.45. The van der Waals surface area contributed by atoms with Gasteiger partial charge in [0.1, 0.15) is 16.7 Å². The molecule has 1 atom stereocenters. The van der Waals surface area contributed by atoms with E-state index in [2.05, 4.69) is 10.0 Å². The van der Waals surface area contributed by atoms with Crippen molar-refractivity contribution in [3.05, 3.63) is 89.0 Å². The summed E-state index contributed by atoms with van der Waals surface area (Å²) >= 11 is 0. The van der Waals surface area contributed by atoms with E-state index < -0.39 is 22.0 Å². The van der Waals surface area contributed by atoms with Crippen molar-refractivity contribution in [1.29, 1.82) is 0 Å². The van der Waals surface area contributed by atoms with Crippen molar-refractivity contribution < 1.29 is 17.9 Å². The molecular formula is C25H28N2O4S. The quantitative estimate of drug-likeness (QED) is 0.538. The number of anilines is 1. The van der Waals surface area contributed by atoms with Crippen molar-refractivity contribution >= 4 is 21.6 Å². The second-order valence-electron chi connectivity index (χ2n) is 7.75. The van der Waals surface area contributed by atoms with Gasteiger partial charge in [0.2, 0.25) is 15.9 Å². The summed E-state index contributed by atoms with van der Waals surface area (Å²) in [7, 11) is -2.62. The average molecular weight is 453 g/mol. The molecule has 0 radical (unpaired) electrons. The fraction of sp³-hybridized carbons (Fsp3) is 0.240. The summed E-state index contributed by atoms with van der Waals surface area (Å²) in [4.78, 5) is 13.2. The van der Waals surface area contributed by atoms with E-state index in [4.69, 9.17) is 4.74 Å². The van der Waals surface area contributed by atoms with E-state index in [1.54, 1.807) is 25.1 Å². The Morgan fingerprint density at radius 2 is 1.69 bits per heavy atom. The van der Waals surface area contributed by atoms with Crippen molar-refractivity contribution in [1.82, 2.24) is 4.72 Å². The molecule has 2 N–H and O–H groups in total. The van der Waals surface area contributed by atoms with Crippen LogP contribution in [0.25, 0.3) is 0 Å². The van der Waals surface area contributed by atoms with Gasteiger partial charge in [-0.3, -0.25) is 4.79 Å². The maximum atomic E-state index is 13.3. The number of hydrogen-bond donors (Lipinski definition) is 2. The van der Waals surface area contributed by atoms with E-state index in [0.717, 1.165) is 22.3 Å². The summed E-state index contributed by atoms with van der Waals surface area (Å²) in [6.07, 6.45) is 0.199. The van der Waals surface area contributed by atoms with E-state index in [-0.39, 0.29) is 17.1 Å². The van der Waals surface area contributed by atoms with Gasteiger partial charge in [-0.1, -0.05) is 48.5 Å². The van der Waals surface area contributed by atoms with Gasteiger partial charge >= 0.3 is 0 Å². The Hall–Kier alpha value is -3.16. The summed E-state index contributed by atoms with van der Waals surface area (Å²) in [6.45, 7) is 5.67. The number of sulfonamides is 1. The zero-order chi connectivity index (χ0) is 23.3. The number of amides is 1. The molecule has 168 valence electrons.